The second-order valence-corrected chi connectivity index (χ2v) is 7.50. The number of carbonyl (C=O) groups excluding carboxylic acids is 1. The second-order valence-electron chi connectivity index (χ2n) is 6.44. The van der Waals surface area contributed by atoms with Crippen LogP contribution in [0.1, 0.15) is 39.7 Å². The molecule has 0 radical (unpaired) electrons. The molecule has 0 fully saturated rings. The molecule has 124 valence electrons. The van der Waals surface area contributed by atoms with E-state index in [-0.39, 0.29) is 11.3 Å². The van der Waals surface area contributed by atoms with Crippen LogP contribution in [-0.2, 0) is 16.8 Å². The minimum absolute atomic E-state index is 0.132. The van der Waals surface area contributed by atoms with Crippen molar-refractivity contribution in [2.75, 3.05) is 5.75 Å². The Morgan fingerprint density at radius 3 is 2.39 bits per heavy atom. The predicted octanol–water partition coefficient (Wildman–Crippen LogP) is 3.23. The molecule has 1 aromatic heterocycles. The fourth-order valence-corrected chi connectivity index (χ4v) is 3.21. The number of hydrogen-bond acceptors (Lipinski definition) is 4. The largest absolute Gasteiger partial charge is 0.370 e. The third kappa shape index (κ3) is 4.34. The molecule has 0 bridgehead atoms. The summed E-state index contributed by atoms with van der Waals surface area (Å²) in [5.41, 5.74) is 7.65. The van der Waals surface area contributed by atoms with Crippen LogP contribution < -0.4 is 5.73 Å². The summed E-state index contributed by atoms with van der Waals surface area (Å²) in [6, 6.07) is 8.47. The van der Waals surface area contributed by atoms with Crippen molar-refractivity contribution in [1.82, 2.24) is 14.8 Å². The third-order valence-electron chi connectivity index (χ3n) is 3.62. The first-order chi connectivity index (χ1) is 10.8. The molecule has 6 heteroatoms. The first-order valence-electron chi connectivity index (χ1n) is 7.78. The van der Waals surface area contributed by atoms with Crippen LogP contribution in [0, 0.1) is 0 Å². The van der Waals surface area contributed by atoms with Crippen molar-refractivity contribution in [2.45, 2.75) is 51.2 Å². The topological polar surface area (TPSA) is 73.8 Å². The fourth-order valence-electron chi connectivity index (χ4n) is 2.26. The molecular weight excluding hydrogens is 308 g/mol. The van der Waals surface area contributed by atoms with Gasteiger partial charge in [0.1, 0.15) is 0 Å². The summed E-state index contributed by atoms with van der Waals surface area (Å²) in [6.45, 7) is 9.44. The molecule has 0 saturated carbocycles. The molecule has 23 heavy (non-hydrogen) atoms. The average molecular weight is 332 g/mol. The van der Waals surface area contributed by atoms with Crippen molar-refractivity contribution in [2.24, 2.45) is 5.73 Å². The van der Waals surface area contributed by atoms with Gasteiger partial charge in [-0.1, -0.05) is 56.8 Å². The lowest BCUT2D eigenvalue weighted by atomic mass is 9.87. The molecule has 0 aliphatic heterocycles. The molecule has 5 nitrogen and oxygen atoms in total. The van der Waals surface area contributed by atoms with Gasteiger partial charge in [-0.25, -0.2) is 0 Å². The number of rotatable bonds is 6. The second kappa shape index (κ2) is 7.17. The Hall–Kier alpha value is -1.82. The van der Waals surface area contributed by atoms with Gasteiger partial charge >= 0.3 is 0 Å². The SMILES string of the molecule is CCn1c(SCCC(N)=O)nnc1-c1ccc(C(C)(C)C)cc1. The van der Waals surface area contributed by atoms with Gasteiger partial charge in [0.05, 0.1) is 0 Å². The minimum atomic E-state index is -0.293. The standard InChI is InChI=1S/C17H24N4OS/c1-5-21-15(19-20-16(21)23-11-10-14(18)22)12-6-8-13(9-7-12)17(2,3)4/h6-9H,5,10-11H2,1-4H3,(H2,18,22). The van der Waals surface area contributed by atoms with Crippen molar-refractivity contribution < 1.29 is 4.79 Å². The first-order valence-corrected chi connectivity index (χ1v) is 8.76. The molecule has 1 heterocycles. The monoisotopic (exact) mass is 332 g/mol. The first kappa shape index (κ1) is 17.5. The van der Waals surface area contributed by atoms with Gasteiger partial charge in [-0.05, 0) is 17.9 Å². The normalized spacial score (nSPS) is 11.7. The molecule has 1 amide bonds. The number of aromatic nitrogens is 3. The summed E-state index contributed by atoms with van der Waals surface area (Å²) in [7, 11) is 0. The molecule has 0 unspecified atom stereocenters. The van der Waals surface area contributed by atoms with Gasteiger partial charge in [0.15, 0.2) is 11.0 Å². The number of hydrogen-bond donors (Lipinski definition) is 1. The van der Waals surface area contributed by atoms with E-state index in [1.54, 1.807) is 0 Å². The summed E-state index contributed by atoms with van der Waals surface area (Å²) < 4.78 is 2.07. The molecule has 2 N–H and O–H groups in total. The van der Waals surface area contributed by atoms with E-state index >= 15 is 0 Å². The molecular formula is C17H24N4OS. The van der Waals surface area contributed by atoms with Gasteiger partial charge in [-0.3, -0.25) is 4.79 Å². The Balaban J connectivity index is 2.22. The lowest BCUT2D eigenvalue weighted by molar-refractivity contribution is -0.117. The van der Waals surface area contributed by atoms with Crippen LogP contribution in [0.5, 0.6) is 0 Å². The van der Waals surface area contributed by atoms with E-state index in [2.05, 4.69) is 66.7 Å². The maximum atomic E-state index is 10.8. The zero-order valence-corrected chi connectivity index (χ0v) is 15.0. The van der Waals surface area contributed by atoms with E-state index in [1.807, 2.05) is 0 Å². The number of nitrogens with two attached hydrogens (primary N) is 1. The van der Waals surface area contributed by atoms with E-state index in [4.69, 9.17) is 5.73 Å². The Labute approximate surface area is 141 Å². The van der Waals surface area contributed by atoms with Crippen LogP contribution in [-0.4, -0.2) is 26.4 Å². The van der Waals surface area contributed by atoms with Gasteiger partial charge in [-0.2, -0.15) is 0 Å². The number of primary amides is 1. The van der Waals surface area contributed by atoms with Crippen LogP contribution in [0.25, 0.3) is 11.4 Å². The van der Waals surface area contributed by atoms with E-state index in [9.17, 15) is 4.79 Å². The van der Waals surface area contributed by atoms with E-state index in [0.29, 0.717) is 12.2 Å². The van der Waals surface area contributed by atoms with E-state index < -0.39 is 0 Å². The Morgan fingerprint density at radius 1 is 1.22 bits per heavy atom. The fraction of sp³-hybridized carbons (Fsp3) is 0.471. The number of amides is 1. The average Bonchev–Trinajstić information content (AvgIpc) is 2.89. The van der Waals surface area contributed by atoms with Gasteiger partial charge in [-0.15, -0.1) is 10.2 Å². The highest BCUT2D eigenvalue weighted by Gasteiger charge is 2.16. The molecule has 0 spiro atoms. The van der Waals surface area contributed by atoms with Gasteiger partial charge < -0.3 is 10.3 Å². The summed E-state index contributed by atoms with van der Waals surface area (Å²) in [5, 5.41) is 9.40. The number of nitrogens with zero attached hydrogens (tertiary/aromatic N) is 3. The van der Waals surface area contributed by atoms with Gasteiger partial charge in [0, 0.05) is 24.3 Å². The van der Waals surface area contributed by atoms with Crippen molar-refractivity contribution in [1.29, 1.82) is 0 Å². The summed E-state index contributed by atoms with van der Waals surface area (Å²) in [6.07, 6.45) is 0.344. The highest BCUT2D eigenvalue weighted by Crippen LogP contribution is 2.27. The number of thioether (sulfide) groups is 1. The van der Waals surface area contributed by atoms with E-state index in [0.717, 1.165) is 23.1 Å². The maximum Gasteiger partial charge on any atom is 0.218 e. The van der Waals surface area contributed by atoms with Crippen molar-refractivity contribution in [3.63, 3.8) is 0 Å². The third-order valence-corrected chi connectivity index (χ3v) is 4.59. The van der Waals surface area contributed by atoms with Crippen LogP contribution in [0.2, 0.25) is 0 Å². The van der Waals surface area contributed by atoms with Gasteiger partial charge in [0.2, 0.25) is 5.91 Å². The molecule has 0 saturated heterocycles. The zero-order valence-electron chi connectivity index (χ0n) is 14.2. The van der Waals surface area contributed by atoms with Crippen molar-refractivity contribution in [3.8, 4) is 11.4 Å². The smallest absolute Gasteiger partial charge is 0.218 e. The van der Waals surface area contributed by atoms with Gasteiger partial charge in [0.25, 0.3) is 0 Å². The molecule has 0 aliphatic carbocycles. The molecule has 2 aromatic rings. The summed E-state index contributed by atoms with van der Waals surface area (Å²) >= 11 is 1.51. The highest BCUT2D eigenvalue weighted by molar-refractivity contribution is 7.99. The van der Waals surface area contributed by atoms with Crippen LogP contribution in [0.15, 0.2) is 29.4 Å². The Kier molecular flexibility index (Phi) is 5.46. The van der Waals surface area contributed by atoms with Crippen LogP contribution >= 0.6 is 11.8 Å². The molecule has 2 rings (SSSR count). The molecule has 0 aliphatic rings. The predicted molar refractivity (Wildman–Crippen MR) is 94.4 cm³/mol. The lowest BCUT2D eigenvalue weighted by Crippen LogP contribution is -2.11. The lowest BCUT2D eigenvalue weighted by Gasteiger charge is -2.19. The highest BCUT2D eigenvalue weighted by atomic mass is 32.2. The zero-order chi connectivity index (χ0) is 17.0. The Bertz CT molecular complexity index is 671. The summed E-state index contributed by atoms with van der Waals surface area (Å²) in [5.74, 6) is 1.18. The van der Waals surface area contributed by atoms with Crippen molar-refractivity contribution >= 4 is 17.7 Å². The molecule has 1 aromatic carbocycles. The van der Waals surface area contributed by atoms with Crippen molar-refractivity contribution in [3.05, 3.63) is 29.8 Å². The maximum absolute atomic E-state index is 10.8. The van der Waals surface area contributed by atoms with Crippen LogP contribution in [0.4, 0.5) is 0 Å². The summed E-state index contributed by atoms with van der Waals surface area (Å²) in [4.78, 5) is 10.8. The quantitative estimate of drug-likeness (QED) is 0.824. The minimum Gasteiger partial charge on any atom is -0.370 e. The number of carbonyl (C=O) groups is 1. The molecule has 0 atom stereocenters. The number of benzene rings is 1. The van der Waals surface area contributed by atoms with E-state index in [1.165, 1.54) is 17.3 Å². The Morgan fingerprint density at radius 2 is 1.87 bits per heavy atom. The van der Waals surface area contributed by atoms with Crippen LogP contribution in [0.3, 0.4) is 0 Å².